The van der Waals surface area contributed by atoms with E-state index < -0.39 is 0 Å². The number of hydrogen-bond acceptors (Lipinski definition) is 0. The van der Waals surface area contributed by atoms with E-state index in [9.17, 15) is 0 Å². The summed E-state index contributed by atoms with van der Waals surface area (Å²) in [5.41, 5.74) is 24.8. The molecule has 0 aliphatic carbocycles. The van der Waals surface area contributed by atoms with Crippen molar-refractivity contribution >= 4 is 12.2 Å². The topological polar surface area (TPSA) is 0 Å². The zero-order valence-electron chi connectivity index (χ0n) is 71.6. The molecule has 0 aliphatic heterocycles. The molecule has 0 aliphatic rings. The van der Waals surface area contributed by atoms with Gasteiger partial charge < -0.3 is 0 Å². The summed E-state index contributed by atoms with van der Waals surface area (Å²) in [5.74, 6) is 0. The maximum atomic E-state index is 3.56. The van der Waals surface area contributed by atoms with E-state index >= 15 is 0 Å². The van der Waals surface area contributed by atoms with Crippen LogP contribution in [0.2, 0.25) is 0 Å². The summed E-state index contributed by atoms with van der Waals surface area (Å²) >= 11 is 0. The van der Waals surface area contributed by atoms with Gasteiger partial charge in [0.1, 0.15) is 0 Å². The highest BCUT2D eigenvalue weighted by atomic mass is 14.1. The van der Waals surface area contributed by atoms with Gasteiger partial charge in [-0.3, -0.25) is 0 Å². The lowest BCUT2D eigenvalue weighted by Gasteiger charge is -2.09. The van der Waals surface area contributed by atoms with Gasteiger partial charge in [0.2, 0.25) is 0 Å². The van der Waals surface area contributed by atoms with Crippen molar-refractivity contribution in [1.29, 1.82) is 0 Å². The van der Waals surface area contributed by atoms with Gasteiger partial charge in [-0.05, 0) is 321 Å². The first-order valence-corrected chi connectivity index (χ1v) is 33.8. The summed E-state index contributed by atoms with van der Waals surface area (Å²) in [6.45, 7) is 101. The second kappa shape index (κ2) is 96.4. The first kappa shape index (κ1) is 120. The van der Waals surface area contributed by atoms with Crippen LogP contribution < -0.4 is 0 Å². The van der Waals surface area contributed by atoms with E-state index in [2.05, 4.69) is 375 Å². The van der Waals surface area contributed by atoms with Gasteiger partial charge in [0.25, 0.3) is 0 Å². The first-order chi connectivity index (χ1) is 42.0. The monoisotopic (exact) mass is 1270 g/mol. The number of benzene rings is 2. The molecule has 0 heteroatoms. The molecule has 2 rings (SSSR count). The molecule has 0 aromatic heterocycles. The largest absolute Gasteiger partial charge is 0.100 e. The van der Waals surface area contributed by atoms with Crippen LogP contribution >= 0.6 is 0 Å². The van der Waals surface area contributed by atoms with Crippen molar-refractivity contribution in [2.75, 3.05) is 0 Å². The molecular weight excluding hydrogens is 1110 g/mol. The van der Waals surface area contributed by atoms with Gasteiger partial charge in [-0.1, -0.05) is 262 Å². The average molecular weight is 1270 g/mol. The fourth-order valence-corrected chi connectivity index (χ4v) is 2.27. The Balaban J connectivity index is -0.0000000593. The molecule has 0 fully saturated rings. The summed E-state index contributed by atoms with van der Waals surface area (Å²) in [5, 5.41) is 0. The molecule has 0 radical (unpaired) electrons. The summed E-state index contributed by atoms with van der Waals surface area (Å²) in [4.78, 5) is 0. The minimum Gasteiger partial charge on any atom is -0.100 e. The molecule has 0 N–H and O–H groups in total. The van der Waals surface area contributed by atoms with Gasteiger partial charge in [-0.2, -0.15) is 0 Å². The molecule has 2 aromatic rings. The number of rotatable bonds is 2. The summed E-state index contributed by atoms with van der Waals surface area (Å²) in [6, 6.07) is 20.7. The fourth-order valence-electron chi connectivity index (χ4n) is 2.27. The van der Waals surface area contributed by atoms with Crippen LogP contribution in [-0.4, -0.2) is 0 Å². The van der Waals surface area contributed by atoms with Crippen LogP contribution in [0.3, 0.4) is 0 Å². The molecule has 0 bridgehead atoms. The van der Waals surface area contributed by atoms with Gasteiger partial charge in [0, 0.05) is 0 Å². The van der Waals surface area contributed by atoms with Crippen molar-refractivity contribution in [3.8, 4) is 0 Å². The van der Waals surface area contributed by atoms with Crippen molar-refractivity contribution < 1.29 is 0 Å². The predicted molar refractivity (Wildman–Crippen MR) is 452 cm³/mol. The molecule has 0 atom stereocenters. The number of hydrogen-bond donors (Lipinski definition) is 0. The van der Waals surface area contributed by atoms with E-state index in [1.165, 1.54) is 100 Å². The zero-order chi connectivity index (χ0) is 76.6. The molecule has 0 nitrogen and oxygen atoms in total. The third-order valence-electron chi connectivity index (χ3n) is 10.5. The fraction of sp³-hybridized carbons (Fsp3) is 0.522. The Morgan fingerprint density at radius 2 is 0.359 bits per heavy atom. The second-order valence-corrected chi connectivity index (χ2v) is 26.4. The van der Waals surface area contributed by atoms with Crippen LogP contribution in [0.25, 0.3) is 12.2 Å². The van der Waals surface area contributed by atoms with Crippen LogP contribution in [0, 0.1) is 5.41 Å². The lowest BCUT2D eigenvalue weighted by Crippen LogP contribution is -1.97. The van der Waals surface area contributed by atoms with E-state index in [1.54, 1.807) is 0 Å². The molecule has 0 heterocycles. The van der Waals surface area contributed by atoms with Crippen molar-refractivity contribution in [2.45, 2.75) is 325 Å². The molecule has 0 saturated carbocycles. The lowest BCUT2D eigenvalue weighted by molar-refractivity contribution is 0.543. The van der Waals surface area contributed by atoms with E-state index in [1.807, 2.05) is 109 Å². The predicted octanol–water partition coefficient (Wildman–Crippen LogP) is 34.5. The Labute approximate surface area is 586 Å². The third kappa shape index (κ3) is 251. The molecule has 0 unspecified atom stereocenters. The molecule has 2 aromatic carbocycles. The van der Waals surface area contributed by atoms with Crippen LogP contribution in [-0.2, 0) is 0 Å². The van der Waals surface area contributed by atoms with Gasteiger partial charge in [-0.25, -0.2) is 0 Å². The smallest absolute Gasteiger partial charge is 0.0203 e. The highest BCUT2D eigenvalue weighted by Gasteiger charge is 2.01. The average Bonchev–Trinajstić information content (AvgIpc) is 3.46. The van der Waals surface area contributed by atoms with Crippen molar-refractivity contribution in [2.24, 2.45) is 5.41 Å². The SMILES string of the molecule is C=C(C)C.CC(C)=C(C)C.CC(C)=Cc1ccccc1.CC(C)=Cc1ccccc1.CC=C(C)C.CC=C(C)C.CC=C(C)C.CC=C(C)C.CC=C(C)C.CC=C(C)C.CC=C(C)C.CC=C(C)C.CC=C(C)C.CC=C(C)C.CC=C(C)C.CC=CC(C)(C)C. The molecular formula is C92H168. The van der Waals surface area contributed by atoms with E-state index in [0.717, 1.165) is 0 Å². The van der Waals surface area contributed by atoms with Crippen LogP contribution in [0.15, 0.2) is 235 Å². The summed E-state index contributed by atoms with van der Waals surface area (Å²) in [7, 11) is 0. The Kier molecular flexibility index (Phi) is 126. The molecule has 0 saturated heterocycles. The first-order valence-electron chi connectivity index (χ1n) is 33.8. The van der Waals surface area contributed by atoms with E-state index in [0.29, 0.717) is 5.41 Å². The van der Waals surface area contributed by atoms with Crippen molar-refractivity contribution in [1.82, 2.24) is 0 Å². The Bertz CT molecular complexity index is 1920. The minimum absolute atomic E-state index is 0.370. The van der Waals surface area contributed by atoms with Crippen molar-refractivity contribution in [3.63, 3.8) is 0 Å². The lowest BCUT2D eigenvalue weighted by atomic mass is 9.97. The number of allylic oxidation sites excluding steroid dienone is 29. The van der Waals surface area contributed by atoms with E-state index in [-0.39, 0.29) is 0 Å². The highest BCUT2D eigenvalue weighted by molar-refractivity contribution is 5.52. The summed E-state index contributed by atoms with van der Waals surface area (Å²) in [6.07, 6.45) is 31.5. The molecule has 92 heavy (non-hydrogen) atoms. The van der Waals surface area contributed by atoms with Crippen LogP contribution in [0.5, 0.6) is 0 Å². The molecule has 536 valence electrons. The molecule has 0 amide bonds. The summed E-state index contributed by atoms with van der Waals surface area (Å²) < 4.78 is 0. The van der Waals surface area contributed by atoms with Gasteiger partial charge in [0.05, 0.1) is 0 Å². The van der Waals surface area contributed by atoms with Gasteiger partial charge in [0.15, 0.2) is 0 Å². The third-order valence-corrected chi connectivity index (χ3v) is 10.5. The quantitative estimate of drug-likeness (QED) is 0.263. The molecule has 0 spiro atoms. The Morgan fingerprint density at radius 1 is 0.239 bits per heavy atom. The Hall–Kier alpha value is -5.72. The van der Waals surface area contributed by atoms with Crippen LogP contribution in [0.4, 0.5) is 0 Å². The van der Waals surface area contributed by atoms with Gasteiger partial charge in [-0.15, -0.1) is 6.58 Å². The highest BCUT2D eigenvalue weighted by Crippen LogP contribution is 2.13. The van der Waals surface area contributed by atoms with Crippen LogP contribution in [0.1, 0.15) is 337 Å². The zero-order valence-corrected chi connectivity index (χ0v) is 71.6. The van der Waals surface area contributed by atoms with Crippen molar-refractivity contribution in [3.05, 3.63) is 247 Å². The van der Waals surface area contributed by atoms with Gasteiger partial charge >= 0.3 is 0 Å². The Morgan fingerprint density at radius 3 is 0.413 bits per heavy atom. The normalized spacial score (nSPS) is 7.95. The standard InChI is InChI=1S/2C10H12.C7H14.C6H12.11C5H10.C4H8/c2*1-9(2)8-10-6-4-3-5-7-10;1-5-6-7(2,3)4;1-5(2)6(3)4;11*1-4-5(2)3;1-4(2)3/h2*3-8H,1-2H3;5-6H,1-4H3;1-4H3;11*4H,1-3H3;1H2,2-3H3. The maximum absolute atomic E-state index is 3.56. The minimum atomic E-state index is 0.370. The maximum Gasteiger partial charge on any atom is -0.0203 e. The van der Waals surface area contributed by atoms with E-state index in [4.69, 9.17) is 0 Å². The second-order valence-electron chi connectivity index (χ2n) is 26.4.